The van der Waals surface area contributed by atoms with Gasteiger partial charge in [-0.3, -0.25) is 0 Å². The highest BCUT2D eigenvalue weighted by molar-refractivity contribution is 7.98. The molecular formula is C16H18N6OS. The molecule has 8 heteroatoms. The Morgan fingerprint density at radius 1 is 1.33 bits per heavy atom. The largest absolute Gasteiger partial charge is 0.496 e. The van der Waals surface area contributed by atoms with E-state index in [1.54, 1.807) is 43.9 Å². The van der Waals surface area contributed by atoms with Crippen LogP contribution in [-0.2, 0) is 0 Å². The van der Waals surface area contributed by atoms with Crippen molar-refractivity contribution in [3.05, 3.63) is 29.6 Å². The van der Waals surface area contributed by atoms with Gasteiger partial charge < -0.3 is 15.4 Å². The Morgan fingerprint density at radius 2 is 2.08 bits per heavy atom. The number of methoxy groups -OCH3 is 1. The van der Waals surface area contributed by atoms with Gasteiger partial charge in [0.15, 0.2) is 5.82 Å². The minimum atomic E-state index is 0.0696. The Bertz CT molecular complexity index is 813. The van der Waals surface area contributed by atoms with Crippen LogP contribution in [0.25, 0.3) is 11.6 Å². The van der Waals surface area contributed by atoms with Crippen LogP contribution in [0, 0.1) is 11.3 Å². The molecule has 2 aromatic rings. The van der Waals surface area contributed by atoms with Gasteiger partial charge >= 0.3 is 0 Å². The molecule has 0 saturated heterocycles. The van der Waals surface area contributed by atoms with Crippen LogP contribution in [-0.4, -0.2) is 42.4 Å². The number of nitrogens with two attached hydrogens (primary N) is 1. The van der Waals surface area contributed by atoms with Gasteiger partial charge in [-0.05, 0) is 30.0 Å². The molecule has 1 aromatic carbocycles. The van der Waals surface area contributed by atoms with Gasteiger partial charge in [-0.1, -0.05) is 6.07 Å². The van der Waals surface area contributed by atoms with Gasteiger partial charge in [0.05, 0.1) is 12.7 Å². The molecule has 2 N–H and O–H groups in total. The lowest BCUT2D eigenvalue weighted by atomic mass is 10.1. The summed E-state index contributed by atoms with van der Waals surface area (Å²) in [7, 11) is 5.20. The molecule has 0 aliphatic carbocycles. The molecule has 0 radical (unpaired) electrons. The fourth-order valence-corrected chi connectivity index (χ4v) is 2.50. The fourth-order valence-electron chi connectivity index (χ4n) is 1.96. The average molecular weight is 342 g/mol. The third-order valence-corrected chi connectivity index (χ3v) is 3.90. The Kier molecular flexibility index (Phi) is 5.60. The van der Waals surface area contributed by atoms with E-state index in [2.05, 4.69) is 21.0 Å². The lowest BCUT2D eigenvalue weighted by Gasteiger charge is -2.11. The molecule has 2 rings (SSSR count). The zero-order chi connectivity index (χ0) is 17.7. The first-order valence-corrected chi connectivity index (χ1v) is 8.24. The third-order valence-electron chi connectivity index (χ3n) is 3.12. The average Bonchev–Trinajstić information content (AvgIpc) is 2.58. The lowest BCUT2D eigenvalue weighted by Crippen LogP contribution is -2.15. The van der Waals surface area contributed by atoms with Crippen molar-refractivity contribution in [2.24, 2.45) is 0 Å². The maximum Gasteiger partial charge on any atom is 0.230 e. The second-order valence-corrected chi connectivity index (χ2v) is 5.84. The van der Waals surface area contributed by atoms with Gasteiger partial charge in [0.25, 0.3) is 0 Å². The van der Waals surface area contributed by atoms with Crippen molar-refractivity contribution < 1.29 is 4.74 Å². The standard InChI is InChI=1S/C16H18N6OS/c1-22(2)16-20-14(19-15(18)21-16)11(9-17)7-10-5-6-13(24-4)12(8-10)23-3/h5-8H,1-4H3,(H2,18,19,20,21)/b11-7+. The smallest absolute Gasteiger partial charge is 0.230 e. The van der Waals surface area contributed by atoms with E-state index in [9.17, 15) is 5.26 Å². The molecule has 0 amide bonds. The normalized spacial score (nSPS) is 11.0. The van der Waals surface area contributed by atoms with E-state index in [-0.39, 0.29) is 11.8 Å². The first-order valence-electron chi connectivity index (χ1n) is 7.01. The van der Waals surface area contributed by atoms with Crippen molar-refractivity contribution in [2.75, 3.05) is 38.1 Å². The number of anilines is 2. The Morgan fingerprint density at radius 3 is 2.67 bits per heavy atom. The number of nitriles is 1. The molecule has 0 unspecified atom stereocenters. The topological polar surface area (TPSA) is 101 Å². The van der Waals surface area contributed by atoms with Gasteiger partial charge in [-0.25, -0.2) is 0 Å². The SMILES string of the molecule is COc1cc(/C=C(\C#N)c2nc(N)nc(N(C)C)n2)ccc1SC. The number of hydrogen-bond acceptors (Lipinski definition) is 8. The zero-order valence-corrected chi connectivity index (χ0v) is 14.8. The van der Waals surface area contributed by atoms with Crippen molar-refractivity contribution in [3.63, 3.8) is 0 Å². The molecule has 0 spiro atoms. The van der Waals surface area contributed by atoms with Crippen LogP contribution >= 0.6 is 11.8 Å². The summed E-state index contributed by atoms with van der Waals surface area (Å²) in [4.78, 5) is 15.1. The predicted octanol–water partition coefficient (Wildman–Crippen LogP) is 2.31. The molecule has 0 aliphatic rings. The van der Waals surface area contributed by atoms with E-state index in [1.165, 1.54) is 0 Å². The molecule has 0 fully saturated rings. The van der Waals surface area contributed by atoms with Crippen molar-refractivity contribution in [1.29, 1.82) is 5.26 Å². The van der Waals surface area contributed by atoms with Gasteiger partial charge in [-0.2, -0.15) is 20.2 Å². The van der Waals surface area contributed by atoms with Crippen LogP contribution in [0.5, 0.6) is 5.75 Å². The highest BCUT2D eigenvalue weighted by Gasteiger charge is 2.11. The van der Waals surface area contributed by atoms with Crippen LogP contribution in [0.4, 0.5) is 11.9 Å². The van der Waals surface area contributed by atoms with Crippen molar-refractivity contribution in [2.45, 2.75) is 4.90 Å². The maximum absolute atomic E-state index is 9.48. The number of nitrogen functional groups attached to an aromatic ring is 1. The Hall–Kier alpha value is -2.79. The summed E-state index contributed by atoms with van der Waals surface area (Å²) in [6, 6.07) is 7.82. The van der Waals surface area contributed by atoms with E-state index in [1.807, 2.05) is 24.5 Å². The summed E-state index contributed by atoms with van der Waals surface area (Å²) in [5.74, 6) is 1.45. The number of nitrogens with zero attached hydrogens (tertiary/aromatic N) is 5. The number of thioether (sulfide) groups is 1. The van der Waals surface area contributed by atoms with Gasteiger partial charge in [0, 0.05) is 19.0 Å². The highest BCUT2D eigenvalue weighted by Crippen LogP contribution is 2.29. The van der Waals surface area contributed by atoms with Gasteiger partial charge in [0.1, 0.15) is 11.8 Å². The fraction of sp³-hybridized carbons (Fsp3) is 0.250. The monoisotopic (exact) mass is 342 g/mol. The first-order chi connectivity index (χ1) is 11.5. The second kappa shape index (κ2) is 7.66. The highest BCUT2D eigenvalue weighted by atomic mass is 32.2. The Labute approximate surface area is 145 Å². The van der Waals surface area contributed by atoms with Crippen molar-refractivity contribution in [3.8, 4) is 11.8 Å². The van der Waals surface area contributed by atoms with Crippen LogP contribution in [0.15, 0.2) is 23.1 Å². The number of aromatic nitrogens is 3. The number of ether oxygens (including phenoxy) is 1. The third kappa shape index (κ3) is 3.94. The lowest BCUT2D eigenvalue weighted by molar-refractivity contribution is 0.405. The van der Waals surface area contributed by atoms with E-state index >= 15 is 0 Å². The van der Waals surface area contributed by atoms with Crippen molar-refractivity contribution >= 4 is 35.3 Å². The van der Waals surface area contributed by atoms with Gasteiger partial charge in [0.2, 0.25) is 11.9 Å². The van der Waals surface area contributed by atoms with E-state index in [0.29, 0.717) is 11.5 Å². The molecule has 0 aliphatic heterocycles. The summed E-state index contributed by atoms with van der Waals surface area (Å²) in [6.07, 6.45) is 3.67. The van der Waals surface area contributed by atoms with Gasteiger partial charge in [-0.15, -0.1) is 11.8 Å². The molecule has 1 aromatic heterocycles. The number of rotatable bonds is 5. The summed E-state index contributed by atoms with van der Waals surface area (Å²) >= 11 is 1.59. The molecule has 0 saturated carbocycles. The number of benzene rings is 1. The van der Waals surface area contributed by atoms with Crippen LogP contribution in [0.3, 0.4) is 0 Å². The van der Waals surface area contributed by atoms with Crippen molar-refractivity contribution in [1.82, 2.24) is 15.0 Å². The molecule has 7 nitrogen and oxygen atoms in total. The minimum Gasteiger partial charge on any atom is -0.496 e. The second-order valence-electron chi connectivity index (χ2n) is 5.00. The molecule has 124 valence electrons. The van der Waals surface area contributed by atoms with E-state index < -0.39 is 0 Å². The number of allylic oxidation sites excluding steroid dienone is 1. The van der Waals surface area contributed by atoms with Crippen LogP contribution < -0.4 is 15.4 Å². The minimum absolute atomic E-state index is 0.0696. The quantitative estimate of drug-likeness (QED) is 0.652. The number of hydrogen-bond donors (Lipinski definition) is 1. The molecule has 0 atom stereocenters. The summed E-state index contributed by atoms with van der Waals surface area (Å²) < 4.78 is 5.37. The molecular weight excluding hydrogens is 324 g/mol. The van der Waals surface area contributed by atoms with E-state index in [0.717, 1.165) is 16.2 Å². The van der Waals surface area contributed by atoms with Crippen LogP contribution in [0.2, 0.25) is 0 Å². The first kappa shape index (κ1) is 17.6. The van der Waals surface area contributed by atoms with Crippen LogP contribution in [0.1, 0.15) is 11.4 Å². The summed E-state index contributed by atoms with van der Waals surface area (Å²) in [5.41, 5.74) is 6.83. The molecule has 0 bridgehead atoms. The van der Waals surface area contributed by atoms with E-state index in [4.69, 9.17) is 10.5 Å². The molecule has 24 heavy (non-hydrogen) atoms. The summed E-state index contributed by atoms with van der Waals surface area (Å²) in [5, 5.41) is 9.48. The predicted molar refractivity (Wildman–Crippen MR) is 96.8 cm³/mol. The Balaban J connectivity index is 2.49. The zero-order valence-electron chi connectivity index (χ0n) is 13.9. The summed E-state index contributed by atoms with van der Waals surface area (Å²) in [6.45, 7) is 0. The maximum atomic E-state index is 9.48. The molecule has 1 heterocycles.